The Morgan fingerprint density at radius 1 is 1.10 bits per heavy atom. The van der Waals surface area contributed by atoms with Crippen molar-refractivity contribution in [3.05, 3.63) is 63.7 Å². The van der Waals surface area contributed by atoms with E-state index in [0.717, 1.165) is 22.9 Å². The molecule has 2 rings (SSSR count). The molecule has 0 aromatic heterocycles. The van der Waals surface area contributed by atoms with Gasteiger partial charge in [-0.1, -0.05) is 42.8 Å². The number of benzene rings is 2. The number of aryl methyl sites for hydroxylation is 1. The van der Waals surface area contributed by atoms with Crippen molar-refractivity contribution in [2.75, 3.05) is 13.7 Å². The molecule has 0 radical (unpaired) electrons. The number of hydrogen-bond acceptors (Lipinski definition) is 2. The monoisotopic (exact) mass is 303 g/mol. The molecule has 0 aliphatic rings. The molecule has 0 saturated heterocycles. The zero-order valence-corrected chi connectivity index (χ0v) is 13.8. The summed E-state index contributed by atoms with van der Waals surface area (Å²) in [7, 11) is 1.73. The molecule has 0 heterocycles. The van der Waals surface area contributed by atoms with Gasteiger partial charge in [0.15, 0.2) is 0 Å². The van der Waals surface area contributed by atoms with E-state index >= 15 is 0 Å². The number of rotatable bonds is 5. The van der Waals surface area contributed by atoms with Crippen LogP contribution in [-0.4, -0.2) is 13.7 Å². The Labute approximate surface area is 132 Å². The molecular weight excluding hydrogens is 282 g/mol. The largest absolute Gasteiger partial charge is 0.496 e. The maximum atomic E-state index is 6.00. The van der Waals surface area contributed by atoms with Gasteiger partial charge in [0.1, 0.15) is 5.75 Å². The summed E-state index contributed by atoms with van der Waals surface area (Å²) in [4.78, 5) is 0. The lowest BCUT2D eigenvalue weighted by Crippen LogP contribution is -2.22. The summed E-state index contributed by atoms with van der Waals surface area (Å²) in [5.41, 5.74) is 4.77. The van der Waals surface area contributed by atoms with Crippen LogP contribution in [0.3, 0.4) is 0 Å². The SMILES string of the molecule is CCNC(c1ccc(Cl)cc1)c1ccc(C)c(C)c1OC. The van der Waals surface area contributed by atoms with Crippen LogP contribution in [-0.2, 0) is 0 Å². The highest BCUT2D eigenvalue weighted by molar-refractivity contribution is 6.30. The molecule has 21 heavy (non-hydrogen) atoms. The standard InChI is InChI=1S/C18H22ClNO/c1-5-20-17(14-7-9-15(19)10-8-14)16-11-6-12(2)13(3)18(16)21-4/h6-11,17,20H,5H2,1-4H3. The minimum Gasteiger partial charge on any atom is -0.496 e. The first-order chi connectivity index (χ1) is 10.1. The van der Waals surface area contributed by atoms with Gasteiger partial charge in [0, 0.05) is 10.6 Å². The molecule has 2 nitrogen and oxygen atoms in total. The summed E-state index contributed by atoms with van der Waals surface area (Å²) < 4.78 is 5.66. The van der Waals surface area contributed by atoms with E-state index in [9.17, 15) is 0 Å². The highest BCUT2D eigenvalue weighted by Crippen LogP contribution is 2.34. The molecule has 0 fully saturated rings. The summed E-state index contributed by atoms with van der Waals surface area (Å²) >= 11 is 6.00. The van der Waals surface area contributed by atoms with Crippen LogP contribution in [0.4, 0.5) is 0 Å². The summed E-state index contributed by atoms with van der Waals surface area (Å²) in [6.07, 6.45) is 0. The zero-order chi connectivity index (χ0) is 15.4. The predicted octanol–water partition coefficient (Wildman–Crippen LogP) is 4.66. The number of nitrogens with one attached hydrogen (secondary N) is 1. The van der Waals surface area contributed by atoms with Crippen molar-refractivity contribution in [2.45, 2.75) is 26.8 Å². The fourth-order valence-corrected chi connectivity index (χ4v) is 2.70. The molecule has 1 unspecified atom stereocenters. The summed E-state index contributed by atoms with van der Waals surface area (Å²) in [5.74, 6) is 0.955. The van der Waals surface area contributed by atoms with Crippen LogP contribution < -0.4 is 10.1 Å². The van der Waals surface area contributed by atoms with Gasteiger partial charge in [-0.15, -0.1) is 0 Å². The Bertz CT molecular complexity index is 607. The first-order valence-corrected chi connectivity index (χ1v) is 7.59. The topological polar surface area (TPSA) is 21.3 Å². The third-order valence-electron chi connectivity index (χ3n) is 3.83. The molecule has 112 valence electrons. The van der Waals surface area contributed by atoms with Crippen LogP contribution in [0.1, 0.15) is 35.2 Å². The van der Waals surface area contributed by atoms with Crippen LogP contribution in [0.5, 0.6) is 5.75 Å². The van der Waals surface area contributed by atoms with Gasteiger partial charge in [-0.2, -0.15) is 0 Å². The second-order valence-corrected chi connectivity index (χ2v) is 5.61. The van der Waals surface area contributed by atoms with Crippen molar-refractivity contribution in [3.8, 4) is 5.75 Å². The van der Waals surface area contributed by atoms with Crippen molar-refractivity contribution in [1.29, 1.82) is 0 Å². The third kappa shape index (κ3) is 3.39. The minimum atomic E-state index is 0.0986. The fourth-order valence-electron chi connectivity index (χ4n) is 2.58. The molecule has 3 heteroatoms. The van der Waals surface area contributed by atoms with Gasteiger partial charge in [-0.05, 0) is 49.2 Å². The minimum absolute atomic E-state index is 0.0986. The van der Waals surface area contributed by atoms with Crippen molar-refractivity contribution >= 4 is 11.6 Å². The smallest absolute Gasteiger partial charge is 0.127 e. The first kappa shape index (κ1) is 15.9. The maximum Gasteiger partial charge on any atom is 0.127 e. The summed E-state index contributed by atoms with van der Waals surface area (Å²) in [6, 6.07) is 12.4. The van der Waals surface area contributed by atoms with E-state index in [4.69, 9.17) is 16.3 Å². The fraction of sp³-hybridized carbons (Fsp3) is 0.333. The first-order valence-electron chi connectivity index (χ1n) is 7.21. The molecule has 1 atom stereocenters. The molecule has 0 bridgehead atoms. The Kier molecular flexibility index (Phi) is 5.27. The van der Waals surface area contributed by atoms with Crippen LogP contribution in [0.25, 0.3) is 0 Å². The maximum absolute atomic E-state index is 6.00. The van der Waals surface area contributed by atoms with E-state index in [-0.39, 0.29) is 6.04 Å². The molecule has 0 amide bonds. The van der Waals surface area contributed by atoms with Gasteiger partial charge in [-0.25, -0.2) is 0 Å². The van der Waals surface area contributed by atoms with Crippen molar-refractivity contribution in [3.63, 3.8) is 0 Å². The van der Waals surface area contributed by atoms with E-state index in [0.29, 0.717) is 0 Å². The average Bonchev–Trinajstić information content (AvgIpc) is 2.49. The quantitative estimate of drug-likeness (QED) is 0.867. The van der Waals surface area contributed by atoms with E-state index in [2.05, 4.69) is 50.4 Å². The molecule has 2 aromatic carbocycles. The predicted molar refractivity (Wildman–Crippen MR) is 89.4 cm³/mol. The number of hydrogen-bond donors (Lipinski definition) is 1. The van der Waals surface area contributed by atoms with Crippen molar-refractivity contribution in [1.82, 2.24) is 5.32 Å². The Morgan fingerprint density at radius 3 is 2.33 bits per heavy atom. The van der Waals surface area contributed by atoms with Gasteiger partial charge >= 0.3 is 0 Å². The molecule has 2 aromatic rings. The molecule has 0 spiro atoms. The number of methoxy groups -OCH3 is 1. The van der Waals surface area contributed by atoms with Crippen molar-refractivity contribution < 1.29 is 4.74 Å². The van der Waals surface area contributed by atoms with Gasteiger partial charge in [0.25, 0.3) is 0 Å². The summed E-state index contributed by atoms with van der Waals surface area (Å²) in [6.45, 7) is 7.19. The molecular formula is C18H22ClNO. The lowest BCUT2D eigenvalue weighted by Gasteiger charge is -2.23. The highest BCUT2D eigenvalue weighted by Gasteiger charge is 2.19. The van der Waals surface area contributed by atoms with E-state index in [1.54, 1.807) is 7.11 Å². The average molecular weight is 304 g/mol. The van der Waals surface area contributed by atoms with Crippen LogP contribution in [0, 0.1) is 13.8 Å². The van der Waals surface area contributed by atoms with E-state index in [1.165, 1.54) is 16.7 Å². The second kappa shape index (κ2) is 6.97. The molecule has 0 aliphatic carbocycles. The third-order valence-corrected chi connectivity index (χ3v) is 4.09. The second-order valence-electron chi connectivity index (χ2n) is 5.17. The van der Waals surface area contributed by atoms with Gasteiger partial charge in [0.2, 0.25) is 0 Å². The van der Waals surface area contributed by atoms with Crippen LogP contribution >= 0.6 is 11.6 Å². The Morgan fingerprint density at radius 2 is 1.76 bits per heavy atom. The zero-order valence-electron chi connectivity index (χ0n) is 13.0. The Hall–Kier alpha value is -1.51. The molecule has 1 N–H and O–H groups in total. The number of ether oxygens (including phenoxy) is 1. The van der Waals surface area contributed by atoms with Gasteiger partial charge in [-0.3, -0.25) is 0 Å². The van der Waals surface area contributed by atoms with E-state index < -0.39 is 0 Å². The lowest BCUT2D eigenvalue weighted by atomic mass is 9.94. The van der Waals surface area contributed by atoms with Crippen molar-refractivity contribution in [2.24, 2.45) is 0 Å². The van der Waals surface area contributed by atoms with E-state index in [1.807, 2.05) is 12.1 Å². The van der Waals surface area contributed by atoms with Gasteiger partial charge in [0.05, 0.1) is 13.2 Å². The lowest BCUT2D eigenvalue weighted by molar-refractivity contribution is 0.401. The number of halogens is 1. The van der Waals surface area contributed by atoms with Gasteiger partial charge < -0.3 is 10.1 Å². The Balaban J connectivity index is 2.52. The van der Waals surface area contributed by atoms with Crippen LogP contribution in [0.2, 0.25) is 5.02 Å². The molecule has 0 aliphatic heterocycles. The van der Waals surface area contributed by atoms with Crippen LogP contribution in [0.15, 0.2) is 36.4 Å². The highest BCUT2D eigenvalue weighted by atomic mass is 35.5. The summed E-state index contributed by atoms with van der Waals surface area (Å²) in [5, 5.41) is 4.28. The normalized spacial score (nSPS) is 12.2. The molecule has 0 saturated carbocycles.